The summed E-state index contributed by atoms with van der Waals surface area (Å²) in [7, 11) is 2.03. The molecule has 2 rings (SSSR count). The van der Waals surface area contributed by atoms with Gasteiger partial charge in [-0.2, -0.15) is 0 Å². The molecule has 2 unspecified atom stereocenters. The molecule has 2 atom stereocenters. The van der Waals surface area contributed by atoms with Gasteiger partial charge >= 0.3 is 0 Å². The number of halogens is 2. The van der Waals surface area contributed by atoms with E-state index in [2.05, 4.69) is 4.90 Å². The predicted molar refractivity (Wildman–Crippen MR) is 79.4 cm³/mol. The van der Waals surface area contributed by atoms with Crippen molar-refractivity contribution in [2.75, 3.05) is 33.4 Å². The van der Waals surface area contributed by atoms with E-state index in [4.69, 9.17) is 10.5 Å². The van der Waals surface area contributed by atoms with Crippen molar-refractivity contribution in [3.05, 3.63) is 35.4 Å². The smallest absolute Gasteiger partial charge is 0.263 e. The molecule has 21 heavy (non-hydrogen) atoms. The lowest BCUT2D eigenvalue weighted by Crippen LogP contribution is -2.36. The van der Waals surface area contributed by atoms with E-state index in [9.17, 15) is 8.78 Å². The number of hydrogen-bond acceptors (Lipinski definition) is 3. The highest BCUT2D eigenvalue weighted by atomic mass is 19.3. The Labute approximate surface area is 125 Å². The Morgan fingerprint density at radius 2 is 1.95 bits per heavy atom. The van der Waals surface area contributed by atoms with Gasteiger partial charge in [-0.15, -0.1) is 0 Å². The van der Waals surface area contributed by atoms with Crippen LogP contribution in [0.3, 0.4) is 0 Å². The number of nitrogens with two attached hydrogens (primary N) is 1. The Kier molecular flexibility index (Phi) is 6.08. The van der Waals surface area contributed by atoms with Gasteiger partial charge in [0, 0.05) is 31.3 Å². The fourth-order valence-corrected chi connectivity index (χ4v) is 2.92. The minimum atomic E-state index is -2.42. The number of rotatable bonds is 6. The number of likely N-dealkylation sites (N-methyl/N-ethyl adjacent to an activating group) is 1. The fraction of sp³-hybridized carbons (Fsp3) is 0.625. The highest BCUT2D eigenvalue weighted by molar-refractivity contribution is 5.26. The van der Waals surface area contributed by atoms with Gasteiger partial charge in [-0.05, 0) is 31.4 Å². The largest absolute Gasteiger partial charge is 0.381 e. The standard InChI is InChI=1S/C16H24F2N2O/c1-20(10-12-3-2-8-21-11-12)15(9-19)13-4-6-14(7-5-13)16(17)18/h4-7,12,15-16H,2-3,8-11,19H2,1H3. The monoisotopic (exact) mass is 298 g/mol. The van der Waals surface area contributed by atoms with E-state index in [0.717, 1.165) is 31.7 Å². The molecular formula is C16H24F2N2O. The zero-order chi connectivity index (χ0) is 15.2. The molecule has 118 valence electrons. The molecule has 1 aliphatic heterocycles. The van der Waals surface area contributed by atoms with Crippen LogP contribution in [-0.2, 0) is 4.74 Å². The first-order valence-corrected chi connectivity index (χ1v) is 7.48. The van der Waals surface area contributed by atoms with E-state index >= 15 is 0 Å². The molecular weight excluding hydrogens is 274 g/mol. The summed E-state index contributed by atoms with van der Waals surface area (Å²) in [5.41, 5.74) is 6.93. The number of nitrogens with zero attached hydrogens (tertiary/aromatic N) is 1. The third-order valence-electron chi connectivity index (χ3n) is 4.13. The molecule has 1 fully saturated rings. The van der Waals surface area contributed by atoms with E-state index in [-0.39, 0.29) is 11.6 Å². The van der Waals surface area contributed by atoms with Gasteiger partial charge in [0.2, 0.25) is 0 Å². The Balaban J connectivity index is 2.00. The maximum absolute atomic E-state index is 12.6. The minimum Gasteiger partial charge on any atom is -0.381 e. The van der Waals surface area contributed by atoms with Crippen molar-refractivity contribution in [3.63, 3.8) is 0 Å². The summed E-state index contributed by atoms with van der Waals surface area (Å²) in [6.07, 6.45) is -0.145. The van der Waals surface area contributed by atoms with Crippen LogP contribution in [-0.4, -0.2) is 38.3 Å². The van der Waals surface area contributed by atoms with E-state index < -0.39 is 6.43 Å². The molecule has 1 aromatic carbocycles. The Bertz CT molecular complexity index is 419. The van der Waals surface area contributed by atoms with Crippen LogP contribution < -0.4 is 5.73 Å². The van der Waals surface area contributed by atoms with Crippen LogP contribution in [0.5, 0.6) is 0 Å². The summed E-state index contributed by atoms with van der Waals surface area (Å²) in [5.74, 6) is 0.526. The average Bonchev–Trinajstić information content (AvgIpc) is 2.49. The number of alkyl halides is 2. The summed E-state index contributed by atoms with van der Waals surface area (Å²) in [4.78, 5) is 2.21. The number of benzene rings is 1. The van der Waals surface area contributed by atoms with Crippen molar-refractivity contribution in [2.45, 2.75) is 25.3 Å². The SMILES string of the molecule is CN(CC1CCCOC1)C(CN)c1ccc(C(F)F)cc1. The van der Waals surface area contributed by atoms with Crippen LogP contribution in [0, 0.1) is 5.92 Å². The van der Waals surface area contributed by atoms with Gasteiger partial charge in [-0.25, -0.2) is 8.78 Å². The van der Waals surface area contributed by atoms with Gasteiger partial charge in [-0.1, -0.05) is 24.3 Å². The second-order valence-corrected chi connectivity index (χ2v) is 5.74. The van der Waals surface area contributed by atoms with Gasteiger partial charge < -0.3 is 10.5 Å². The molecule has 2 N–H and O–H groups in total. The van der Waals surface area contributed by atoms with E-state index in [1.807, 2.05) is 7.05 Å². The average molecular weight is 298 g/mol. The second-order valence-electron chi connectivity index (χ2n) is 5.74. The van der Waals surface area contributed by atoms with Gasteiger partial charge in [-0.3, -0.25) is 4.90 Å². The molecule has 5 heteroatoms. The lowest BCUT2D eigenvalue weighted by Gasteiger charge is -2.32. The lowest BCUT2D eigenvalue weighted by molar-refractivity contribution is 0.0365. The van der Waals surface area contributed by atoms with Crippen LogP contribution in [0.2, 0.25) is 0 Å². The molecule has 0 spiro atoms. The van der Waals surface area contributed by atoms with Gasteiger partial charge in [0.15, 0.2) is 0 Å². The maximum Gasteiger partial charge on any atom is 0.263 e. The van der Waals surface area contributed by atoms with Crippen LogP contribution in [0.25, 0.3) is 0 Å². The van der Waals surface area contributed by atoms with Gasteiger partial charge in [0.05, 0.1) is 6.61 Å². The molecule has 0 saturated carbocycles. The minimum absolute atomic E-state index is 0.0536. The predicted octanol–water partition coefficient (Wildman–Crippen LogP) is 2.98. The summed E-state index contributed by atoms with van der Waals surface area (Å²) in [6.45, 7) is 3.04. The second kappa shape index (κ2) is 7.82. The van der Waals surface area contributed by atoms with Crippen molar-refractivity contribution >= 4 is 0 Å². The summed E-state index contributed by atoms with van der Waals surface area (Å²) < 4.78 is 30.7. The normalized spacial score (nSPS) is 21.0. The third kappa shape index (κ3) is 4.46. The van der Waals surface area contributed by atoms with E-state index in [1.165, 1.54) is 18.6 Å². The topological polar surface area (TPSA) is 38.5 Å². The molecule has 1 aliphatic rings. The van der Waals surface area contributed by atoms with Crippen molar-refractivity contribution in [3.8, 4) is 0 Å². The molecule has 3 nitrogen and oxygen atoms in total. The molecule has 0 radical (unpaired) electrons. The quantitative estimate of drug-likeness (QED) is 0.877. The Morgan fingerprint density at radius 3 is 2.48 bits per heavy atom. The van der Waals surface area contributed by atoms with Gasteiger partial charge in [0.1, 0.15) is 0 Å². The highest BCUT2D eigenvalue weighted by Gasteiger charge is 2.21. The molecule has 0 aromatic heterocycles. The first-order valence-electron chi connectivity index (χ1n) is 7.48. The van der Waals surface area contributed by atoms with Crippen LogP contribution >= 0.6 is 0 Å². The fourth-order valence-electron chi connectivity index (χ4n) is 2.92. The number of ether oxygens (including phenoxy) is 1. The zero-order valence-corrected chi connectivity index (χ0v) is 12.5. The number of hydrogen-bond donors (Lipinski definition) is 1. The summed E-state index contributed by atoms with van der Waals surface area (Å²) in [6, 6.07) is 6.54. The Hall–Kier alpha value is -1.04. The first kappa shape index (κ1) is 16.3. The molecule has 0 bridgehead atoms. The third-order valence-corrected chi connectivity index (χ3v) is 4.13. The van der Waals surface area contributed by atoms with E-state index in [1.54, 1.807) is 12.1 Å². The molecule has 0 amide bonds. The van der Waals surface area contributed by atoms with Crippen molar-refractivity contribution in [1.29, 1.82) is 0 Å². The Morgan fingerprint density at radius 1 is 1.29 bits per heavy atom. The van der Waals surface area contributed by atoms with Crippen LogP contribution in [0.1, 0.15) is 36.4 Å². The molecule has 1 saturated heterocycles. The van der Waals surface area contributed by atoms with Crippen LogP contribution in [0.4, 0.5) is 8.78 Å². The first-order chi connectivity index (χ1) is 10.1. The van der Waals surface area contributed by atoms with E-state index in [0.29, 0.717) is 12.5 Å². The molecule has 0 aliphatic carbocycles. The van der Waals surface area contributed by atoms with Crippen molar-refractivity contribution in [2.24, 2.45) is 11.7 Å². The summed E-state index contributed by atoms with van der Waals surface area (Å²) >= 11 is 0. The van der Waals surface area contributed by atoms with Gasteiger partial charge in [0.25, 0.3) is 6.43 Å². The van der Waals surface area contributed by atoms with Crippen molar-refractivity contribution < 1.29 is 13.5 Å². The molecule has 1 aromatic rings. The molecule has 1 heterocycles. The lowest BCUT2D eigenvalue weighted by atomic mass is 9.99. The van der Waals surface area contributed by atoms with Crippen molar-refractivity contribution in [1.82, 2.24) is 4.90 Å². The summed E-state index contributed by atoms with van der Waals surface area (Å²) in [5, 5.41) is 0. The maximum atomic E-state index is 12.6. The zero-order valence-electron chi connectivity index (χ0n) is 12.5. The van der Waals surface area contributed by atoms with Crippen LogP contribution in [0.15, 0.2) is 24.3 Å². The highest BCUT2D eigenvalue weighted by Crippen LogP contribution is 2.25.